The molecule has 4 nitrogen and oxygen atoms in total. The van der Waals surface area contributed by atoms with E-state index < -0.39 is 0 Å². The zero-order valence-electron chi connectivity index (χ0n) is 16.8. The number of carbonyl (C=O) groups is 2. The van der Waals surface area contributed by atoms with E-state index in [1.165, 1.54) is 11.1 Å². The van der Waals surface area contributed by atoms with Gasteiger partial charge in [-0.2, -0.15) is 23.5 Å². The van der Waals surface area contributed by atoms with Crippen molar-refractivity contribution in [3.63, 3.8) is 0 Å². The number of rotatable bonds is 14. The summed E-state index contributed by atoms with van der Waals surface area (Å²) < 4.78 is 10.1. The molecular weight excluding hydrogens is 392 g/mol. The van der Waals surface area contributed by atoms with E-state index in [2.05, 4.69) is 37.4 Å². The maximum Gasteiger partial charge on any atom is 0.333 e. The summed E-state index contributed by atoms with van der Waals surface area (Å²) >= 11 is 3.56. The fourth-order valence-electron chi connectivity index (χ4n) is 2.09. The Morgan fingerprint density at radius 3 is 1.43 bits per heavy atom. The van der Waals surface area contributed by atoms with E-state index >= 15 is 0 Å². The molecule has 0 aliphatic rings. The molecule has 0 amide bonds. The summed E-state index contributed by atoms with van der Waals surface area (Å²) in [6.07, 6.45) is 2.00. The van der Waals surface area contributed by atoms with Crippen LogP contribution in [0, 0.1) is 0 Å². The van der Waals surface area contributed by atoms with Gasteiger partial charge >= 0.3 is 11.9 Å². The first-order valence-electron chi connectivity index (χ1n) is 9.28. The van der Waals surface area contributed by atoms with Crippen molar-refractivity contribution < 1.29 is 19.1 Å². The molecule has 0 saturated carbocycles. The topological polar surface area (TPSA) is 52.6 Å². The van der Waals surface area contributed by atoms with Gasteiger partial charge in [-0.05, 0) is 49.3 Å². The van der Waals surface area contributed by atoms with Crippen LogP contribution in [0.5, 0.6) is 0 Å². The van der Waals surface area contributed by atoms with Crippen LogP contribution in [0.3, 0.4) is 0 Å². The highest BCUT2D eigenvalue weighted by molar-refractivity contribution is 7.99. The van der Waals surface area contributed by atoms with E-state index in [4.69, 9.17) is 9.47 Å². The second kappa shape index (κ2) is 14.4. The summed E-state index contributed by atoms with van der Waals surface area (Å²) in [7, 11) is 0. The molecule has 0 fully saturated rings. The summed E-state index contributed by atoms with van der Waals surface area (Å²) in [5.41, 5.74) is 3.51. The molecule has 0 atom stereocenters. The van der Waals surface area contributed by atoms with Gasteiger partial charge in [0.05, 0.1) is 0 Å². The summed E-state index contributed by atoms with van der Waals surface area (Å²) in [4.78, 5) is 22.5. The molecule has 0 saturated heterocycles. The Balaban J connectivity index is 2.09. The van der Waals surface area contributed by atoms with E-state index in [9.17, 15) is 9.59 Å². The van der Waals surface area contributed by atoms with Crippen molar-refractivity contribution in [1.82, 2.24) is 0 Å². The molecule has 1 aromatic carbocycles. The fraction of sp³-hybridized carbons (Fsp3) is 0.455. The third kappa shape index (κ3) is 11.2. The van der Waals surface area contributed by atoms with Gasteiger partial charge in [0.1, 0.15) is 13.2 Å². The Morgan fingerprint density at radius 2 is 1.11 bits per heavy atom. The zero-order valence-corrected chi connectivity index (χ0v) is 18.5. The molecule has 0 heterocycles. The van der Waals surface area contributed by atoms with Gasteiger partial charge in [-0.3, -0.25) is 0 Å². The standard InChI is InChI=1S/C22H30O4S2/c1-17(2)21(23)25-11-15-27-13-9-19-5-7-20(8-6-19)10-14-28-16-12-26-22(24)18(3)4/h5-8H,1,3,9-16H2,2,4H3. The average molecular weight is 423 g/mol. The van der Waals surface area contributed by atoms with Gasteiger partial charge in [0.2, 0.25) is 0 Å². The second-order valence-corrected chi connectivity index (χ2v) is 8.82. The summed E-state index contributed by atoms with van der Waals surface area (Å²) in [6, 6.07) is 8.71. The number of hydrogen-bond acceptors (Lipinski definition) is 6. The zero-order chi connectivity index (χ0) is 20.8. The van der Waals surface area contributed by atoms with Crippen molar-refractivity contribution in [2.45, 2.75) is 26.7 Å². The van der Waals surface area contributed by atoms with Crippen LogP contribution in [0.25, 0.3) is 0 Å². The van der Waals surface area contributed by atoms with Crippen molar-refractivity contribution in [2.24, 2.45) is 0 Å². The van der Waals surface area contributed by atoms with Gasteiger partial charge in [-0.25, -0.2) is 9.59 Å². The first-order chi connectivity index (χ1) is 13.4. The highest BCUT2D eigenvalue weighted by Crippen LogP contribution is 2.12. The summed E-state index contributed by atoms with van der Waals surface area (Å²) in [6.45, 7) is 11.3. The number of carbonyl (C=O) groups excluding carboxylic acids is 2. The number of esters is 2. The highest BCUT2D eigenvalue weighted by Gasteiger charge is 2.03. The SMILES string of the molecule is C=C(C)C(=O)OCCSCCc1ccc(CCSCCOC(=O)C(=C)C)cc1. The van der Waals surface area contributed by atoms with Crippen molar-refractivity contribution in [3.05, 3.63) is 59.7 Å². The fourth-order valence-corrected chi connectivity index (χ4v) is 3.66. The molecule has 0 spiro atoms. The quantitative estimate of drug-likeness (QED) is 0.250. The van der Waals surface area contributed by atoms with Crippen LogP contribution in [0.2, 0.25) is 0 Å². The molecule has 0 aliphatic carbocycles. The number of hydrogen-bond donors (Lipinski definition) is 0. The van der Waals surface area contributed by atoms with E-state index in [-0.39, 0.29) is 11.9 Å². The lowest BCUT2D eigenvalue weighted by Gasteiger charge is -2.06. The molecule has 1 aromatic rings. The average Bonchev–Trinajstić information content (AvgIpc) is 2.67. The third-order valence-electron chi connectivity index (χ3n) is 3.71. The molecule has 28 heavy (non-hydrogen) atoms. The largest absolute Gasteiger partial charge is 0.461 e. The van der Waals surface area contributed by atoms with Crippen molar-refractivity contribution in [2.75, 3.05) is 36.2 Å². The lowest BCUT2D eigenvalue weighted by molar-refractivity contribution is -0.139. The molecule has 1 rings (SSSR count). The Kier molecular flexibility index (Phi) is 12.5. The van der Waals surface area contributed by atoms with Crippen molar-refractivity contribution in [3.8, 4) is 0 Å². The molecule has 0 unspecified atom stereocenters. The van der Waals surface area contributed by atoms with Gasteiger partial charge in [0.15, 0.2) is 0 Å². The van der Waals surface area contributed by atoms with E-state index in [1.54, 1.807) is 37.4 Å². The molecule has 0 aliphatic heterocycles. The number of ether oxygens (including phenoxy) is 2. The monoisotopic (exact) mass is 422 g/mol. The van der Waals surface area contributed by atoms with Gasteiger partial charge in [-0.15, -0.1) is 0 Å². The molecule has 154 valence electrons. The van der Waals surface area contributed by atoms with E-state index in [1.807, 2.05) is 0 Å². The predicted octanol–water partition coefficient (Wildman–Crippen LogP) is 4.48. The number of benzene rings is 1. The molecule has 0 aromatic heterocycles. The van der Waals surface area contributed by atoms with Gasteiger partial charge in [0, 0.05) is 22.7 Å². The molecular formula is C22H30O4S2. The van der Waals surface area contributed by atoms with Crippen molar-refractivity contribution in [1.29, 1.82) is 0 Å². The van der Waals surface area contributed by atoms with Crippen LogP contribution in [0.1, 0.15) is 25.0 Å². The lowest BCUT2D eigenvalue weighted by Crippen LogP contribution is -2.08. The van der Waals surface area contributed by atoms with Crippen molar-refractivity contribution >= 4 is 35.5 Å². The Bertz CT molecular complexity index is 596. The summed E-state index contributed by atoms with van der Waals surface area (Å²) in [5, 5.41) is 0. The predicted molar refractivity (Wildman–Crippen MR) is 120 cm³/mol. The maximum absolute atomic E-state index is 11.3. The molecule has 6 heteroatoms. The third-order valence-corrected chi connectivity index (χ3v) is 5.61. The Hall–Kier alpha value is -1.66. The first-order valence-corrected chi connectivity index (χ1v) is 11.6. The second-order valence-electron chi connectivity index (χ2n) is 6.37. The maximum atomic E-state index is 11.3. The van der Waals surface area contributed by atoms with Crippen LogP contribution < -0.4 is 0 Å². The summed E-state index contributed by atoms with van der Waals surface area (Å²) in [5.74, 6) is 2.97. The van der Waals surface area contributed by atoms with Crippen LogP contribution >= 0.6 is 23.5 Å². The minimum absolute atomic E-state index is 0.317. The highest BCUT2D eigenvalue weighted by atomic mass is 32.2. The van der Waals surface area contributed by atoms with Crippen LogP contribution in [0.4, 0.5) is 0 Å². The minimum Gasteiger partial charge on any atom is -0.461 e. The van der Waals surface area contributed by atoms with E-state index in [0.29, 0.717) is 24.4 Å². The first kappa shape index (κ1) is 24.4. The van der Waals surface area contributed by atoms with Gasteiger partial charge < -0.3 is 9.47 Å². The Morgan fingerprint density at radius 1 is 0.750 bits per heavy atom. The number of aryl methyl sites for hydroxylation is 2. The van der Waals surface area contributed by atoms with Crippen LogP contribution in [0.15, 0.2) is 48.6 Å². The van der Waals surface area contributed by atoms with Crippen LogP contribution in [-0.4, -0.2) is 48.2 Å². The Labute approximate surface area is 177 Å². The molecule has 0 N–H and O–H groups in total. The smallest absolute Gasteiger partial charge is 0.333 e. The van der Waals surface area contributed by atoms with Gasteiger partial charge in [0.25, 0.3) is 0 Å². The minimum atomic E-state index is -0.317. The van der Waals surface area contributed by atoms with Crippen LogP contribution in [-0.2, 0) is 31.9 Å². The van der Waals surface area contributed by atoms with Gasteiger partial charge in [-0.1, -0.05) is 37.4 Å². The number of thioether (sulfide) groups is 2. The molecule has 0 radical (unpaired) electrons. The molecule has 0 bridgehead atoms. The van der Waals surface area contributed by atoms with E-state index in [0.717, 1.165) is 35.9 Å². The normalized spacial score (nSPS) is 10.4. The lowest BCUT2D eigenvalue weighted by atomic mass is 10.1.